The molecular formula is C12H23NO3. The average molecular weight is 229 g/mol. The normalized spacial score (nSPS) is 25.8. The molecule has 1 aliphatic carbocycles. The lowest BCUT2D eigenvalue weighted by atomic mass is 9.88. The second-order valence-corrected chi connectivity index (χ2v) is 4.86. The zero-order valence-corrected chi connectivity index (χ0v) is 10.2. The van der Waals surface area contributed by atoms with Crippen LogP contribution in [-0.4, -0.2) is 36.4 Å². The third kappa shape index (κ3) is 4.94. The Morgan fingerprint density at radius 3 is 2.50 bits per heavy atom. The second-order valence-electron chi connectivity index (χ2n) is 4.86. The van der Waals surface area contributed by atoms with Crippen LogP contribution in [0.1, 0.15) is 39.5 Å². The molecule has 0 aliphatic heterocycles. The summed E-state index contributed by atoms with van der Waals surface area (Å²) in [5, 5.41) is 11.8. The molecule has 4 heteroatoms. The summed E-state index contributed by atoms with van der Waals surface area (Å²) < 4.78 is 5.54. The Bertz CT molecular complexity index is 210. The van der Waals surface area contributed by atoms with Crippen LogP contribution in [0.25, 0.3) is 0 Å². The van der Waals surface area contributed by atoms with E-state index in [1.807, 2.05) is 13.8 Å². The Morgan fingerprint density at radius 1 is 1.38 bits per heavy atom. The van der Waals surface area contributed by atoms with Crippen LogP contribution >= 0.6 is 0 Å². The minimum atomic E-state index is -0.0423. The highest BCUT2D eigenvalue weighted by molar-refractivity contribution is 5.77. The van der Waals surface area contributed by atoms with Gasteiger partial charge in [0.05, 0.1) is 6.10 Å². The van der Waals surface area contributed by atoms with Crippen molar-refractivity contribution >= 4 is 5.91 Å². The molecule has 2 N–H and O–H groups in total. The quantitative estimate of drug-likeness (QED) is 0.741. The first-order valence-electron chi connectivity index (χ1n) is 6.13. The van der Waals surface area contributed by atoms with Crippen molar-refractivity contribution in [3.05, 3.63) is 0 Å². The molecule has 0 saturated heterocycles. The molecule has 0 radical (unpaired) electrons. The Kier molecular flexibility index (Phi) is 5.77. The summed E-state index contributed by atoms with van der Waals surface area (Å²) in [6.45, 7) is 4.31. The van der Waals surface area contributed by atoms with Crippen molar-refractivity contribution in [1.82, 2.24) is 5.32 Å². The van der Waals surface area contributed by atoms with Gasteiger partial charge >= 0.3 is 0 Å². The summed E-state index contributed by atoms with van der Waals surface area (Å²) in [5.41, 5.74) is 0. The van der Waals surface area contributed by atoms with Crippen LogP contribution in [0.2, 0.25) is 0 Å². The maximum Gasteiger partial charge on any atom is 0.246 e. The summed E-state index contributed by atoms with van der Waals surface area (Å²) in [6, 6.07) is 0.168. The minimum absolute atomic E-state index is 0.0423. The molecule has 1 rings (SSSR count). The predicted octanol–water partition coefficient (Wildman–Crippen LogP) is 1.08. The van der Waals surface area contributed by atoms with Gasteiger partial charge in [-0.1, -0.05) is 0 Å². The van der Waals surface area contributed by atoms with E-state index in [-0.39, 0.29) is 31.3 Å². The van der Waals surface area contributed by atoms with E-state index >= 15 is 0 Å². The first-order chi connectivity index (χ1) is 7.61. The lowest BCUT2D eigenvalue weighted by Crippen LogP contribution is -2.35. The van der Waals surface area contributed by atoms with Crippen LogP contribution < -0.4 is 5.32 Å². The topological polar surface area (TPSA) is 58.6 Å². The van der Waals surface area contributed by atoms with E-state index in [0.29, 0.717) is 5.92 Å². The van der Waals surface area contributed by atoms with E-state index in [1.165, 1.54) is 0 Å². The van der Waals surface area contributed by atoms with Crippen LogP contribution in [0, 0.1) is 5.92 Å². The zero-order valence-electron chi connectivity index (χ0n) is 10.2. The standard InChI is InChI=1S/C12H23NO3/c1-9(2)13-12(15)8-16-11-5-3-10(7-14)4-6-11/h9-11,14H,3-8H2,1-2H3,(H,13,15). The molecule has 4 nitrogen and oxygen atoms in total. The summed E-state index contributed by atoms with van der Waals surface area (Å²) in [5.74, 6) is 0.392. The van der Waals surface area contributed by atoms with Crippen LogP contribution in [0.5, 0.6) is 0 Å². The van der Waals surface area contributed by atoms with Gasteiger partial charge in [0, 0.05) is 12.6 Å². The molecule has 94 valence electrons. The number of rotatable bonds is 5. The van der Waals surface area contributed by atoms with Crippen LogP contribution in [-0.2, 0) is 9.53 Å². The van der Waals surface area contributed by atoms with Crippen LogP contribution in [0.15, 0.2) is 0 Å². The molecule has 1 saturated carbocycles. The van der Waals surface area contributed by atoms with E-state index in [0.717, 1.165) is 25.7 Å². The number of nitrogens with one attached hydrogen (secondary N) is 1. The smallest absolute Gasteiger partial charge is 0.246 e. The van der Waals surface area contributed by atoms with E-state index in [4.69, 9.17) is 9.84 Å². The highest BCUT2D eigenvalue weighted by Gasteiger charge is 2.21. The van der Waals surface area contributed by atoms with Gasteiger partial charge in [0.2, 0.25) is 5.91 Å². The zero-order chi connectivity index (χ0) is 12.0. The summed E-state index contributed by atoms with van der Waals surface area (Å²) in [4.78, 5) is 11.3. The Balaban J connectivity index is 2.12. The van der Waals surface area contributed by atoms with Crippen molar-refractivity contribution in [2.24, 2.45) is 5.92 Å². The summed E-state index contributed by atoms with van der Waals surface area (Å²) >= 11 is 0. The monoisotopic (exact) mass is 229 g/mol. The third-order valence-corrected chi connectivity index (χ3v) is 2.95. The molecule has 0 bridgehead atoms. The molecule has 0 spiro atoms. The van der Waals surface area contributed by atoms with Crippen molar-refractivity contribution in [2.75, 3.05) is 13.2 Å². The minimum Gasteiger partial charge on any atom is -0.396 e. The molecule has 1 fully saturated rings. The molecule has 1 aliphatic rings. The number of amides is 1. The lowest BCUT2D eigenvalue weighted by Gasteiger charge is -2.27. The third-order valence-electron chi connectivity index (χ3n) is 2.95. The van der Waals surface area contributed by atoms with E-state index < -0.39 is 0 Å². The molecule has 1 amide bonds. The molecular weight excluding hydrogens is 206 g/mol. The molecule has 16 heavy (non-hydrogen) atoms. The number of hydrogen-bond donors (Lipinski definition) is 2. The van der Waals surface area contributed by atoms with Crippen molar-refractivity contribution in [3.8, 4) is 0 Å². The van der Waals surface area contributed by atoms with Crippen molar-refractivity contribution in [1.29, 1.82) is 0 Å². The fourth-order valence-corrected chi connectivity index (χ4v) is 2.04. The maximum atomic E-state index is 11.3. The first-order valence-corrected chi connectivity index (χ1v) is 6.13. The van der Waals surface area contributed by atoms with Gasteiger partial charge in [-0.15, -0.1) is 0 Å². The summed E-state index contributed by atoms with van der Waals surface area (Å²) in [6.07, 6.45) is 4.13. The number of carbonyl (C=O) groups is 1. The van der Waals surface area contributed by atoms with E-state index in [1.54, 1.807) is 0 Å². The fourth-order valence-electron chi connectivity index (χ4n) is 2.04. The molecule has 0 heterocycles. The largest absolute Gasteiger partial charge is 0.396 e. The van der Waals surface area contributed by atoms with Gasteiger partial charge in [0.15, 0.2) is 0 Å². The van der Waals surface area contributed by atoms with Crippen LogP contribution in [0.3, 0.4) is 0 Å². The number of aliphatic hydroxyl groups is 1. The predicted molar refractivity (Wildman–Crippen MR) is 62.1 cm³/mol. The van der Waals surface area contributed by atoms with Crippen molar-refractivity contribution < 1.29 is 14.6 Å². The molecule has 0 unspecified atom stereocenters. The van der Waals surface area contributed by atoms with Gasteiger partial charge in [-0.05, 0) is 45.4 Å². The van der Waals surface area contributed by atoms with Gasteiger partial charge in [0.1, 0.15) is 6.61 Å². The van der Waals surface area contributed by atoms with Crippen LogP contribution in [0.4, 0.5) is 0 Å². The number of ether oxygens (including phenoxy) is 1. The Labute approximate surface area is 97.4 Å². The van der Waals surface area contributed by atoms with Gasteiger partial charge < -0.3 is 15.2 Å². The number of carbonyl (C=O) groups excluding carboxylic acids is 1. The highest BCUT2D eigenvalue weighted by Crippen LogP contribution is 2.25. The average Bonchev–Trinajstić information content (AvgIpc) is 2.26. The van der Waals surface area contributed by atoms with Gasteiger partial charge in [-0.3, -0.25) is 4.79 Å². The molecule has 0 aromatic heterocycles. The van der Waals surface area contributed by atoms with Gasteiger partial charge in [-0.2, -0.15) is 0 Å². The summed E-state index contributed by atoms with van der Waals surface area (Å²) in [7, 11) is 0. The number of hydrogen-bond acceptors (Lipinski definition) is 3. The Hall–Kier alpha value is -0.610. The first kappa shape index (κ1) is 13.5. The van der Waals surface area contributed by atoms with E-state index in [2.05, 4.69) is 5.32 Å². The maximum absolute atomic E-state index is 11.3. The fraction of sp³-hybridized carbons (Fsp3) is 0.917. The molecule has 0 aromatic rings. The van der Waals surface area contributed by atoms with Gasteiger partial charge in [-0.25, -0.2) is 0 Å². The van der Waals surface area contributed by atoms with E-state index in [9.17, 15) is 4.79 Å². The highest BCUT2D eigenvalue weighted by atomic mass is 16.5. The van der Waals surface area contributed by atoms with Gasteiger partial charge in [0.25, 0.3) is 0 Å². The Morgan fingerprint density at radius 2 is 2.00 bits per heavy atom. The SMILES string of the molecule is CC(C)NC(=O)COC1CCC(CO)CC1. The molecule has 0 atom stereocenters. The lowest BCUT2D eigenvalue weighted by molar-refractivity contribution is -0.129. The van der Waals surface area contributed by atoms with Crippen molar-refractivity contribution in [3.63, 3.8) is 0 Å². The van der Waals surface area contributed by atoms with Crippen molar-refractivity contribution in [2.45, 2.75) is 51.7 Å². The molecule has 0 aromatic carbocycles. The second kappa shape index (κ2) is 6.86. The number of aliphatic hydroxyl groups excluding tert-OH is 1.